The Morgan fingerprint density at radius 3 is 2.93 bits per heavy atom. The average molecular weight is 423 g/mol. The Morgan fingerprint density at radius 2 is 2.22 bits per heavy atom. The van der Waals surface area contributed by atoms with Crippen LogP contribution in [0.4, 0.5) is 0 Å². The lowest BCUT2D eigenvalue weighted by molar-refractivity contribution is -0.137. The van der Waals surface area contributed by atoms with Crippen LogP contribution in [-0.2, 0) is 9.59 Å². The van der Waals surface area contributed by atoms with Crippen molar-refractivity contribution in [3.63, 3.8) is 0 Å². The number of nitrogens with zero attached hydrogens (tertiary/aromatic N) is 2. The average Bonchev–Trinajstić information content (AvgIpc) is 2.89. The number of rotatable bonds is 6. The summed E-state index contributed by atoms with van der Waals surface area (Å²) in [5.74, 6) is -0.458. The molecule has 0 unspecified atom stereocenters. The van der Waals surface area contributed by atoms with E-state index in [9.17, 15) is 9.59 Å². The second-order valence-corrected chi connectivity index (χ2v) is 7.79. The Morgan fingerprint density at radius 1 is 1.44 bits per heavy atom. The number of hydrogen-bond acceptors (Lipinski definition) is 6. The molecule has 0 spiro atoms. The minimum Gasteiger partial charge on any atom is -0.497 e. The first-order valence-corrected chi connectivity index (χ1v) is 9.61. The molecule has 6 nitrogen and oxygen atoms in total. The van der Waals surface area contributed by atoms with Gasteiger partial charge in [0.25, 0.3) is 5.91 Å². The topological polar surface area (TPSA) is 79.7 Å². The zero-order valence-electron chi connectivity index (χ0n) is 14.3. The molecule has 0 atom stereocenters. The van der Waals surface area contributed by atoms with Crippen LogP contribution in [0.25, 0.3) is 17.0 Å². The van der Waals surface area contributed by atoms with Gasteiger partial charge in [-0.15, -0.1) is 0 Å². The van der Waals surface area contributed by atoms with E-state index in [1.54, 1.807) is 19.3 Å². The van der Waals surface area contributed by atoms with Gasteiger partial charge in [-0.3, -0.25) is 14.5 Å². The lowest BCUT2D eigenvalue weighted by Crippen LogP contribution is -2.29. The first-order chi connectivity index (χ1) is 12.9. The summed E-state index contributed by atoms with van der Waals surface area (Å²) in [5, 5.41) is 9.85. The van der Waals surface area contributed by atoms with Crippen LogP contribution in [0.5, 0.6) is 5.75 Å². The van der Waals surface area contributed by atoms with Gasteiger partial charge in [-0.25, -0.2) is 4.98 Å². The first kappa shape index (κ1) is 19.6. The lowest BCUT2D eigenvalue weighted by Gasteiger charge is -2.13. The van der Waals surface area contributed by atoms with Crippen molar-refractivity contribution in [2.75, 3.05) is 13.7 Å². The van der Waals surface area contributed by atoms with Gasteiger partial charge < -0.3 is 9.84 Å². The first-order valence-electron chi connectivity index (χ1n) is 8.00. The molecule has 1 aliphatic rings. The van der Waals surface area contributed by atoms with Gasteiger partial charge in [-0.1, -0.05) is 35.6 Å². The van der Waals surface area contributed by atoms with Crippen LogP contribution in [0.2, 0.25) is 5.15 Å². The molecular weight excluding hydrogens is 408 g/mol. The summed E-state index contributed by atoms with van der Waals surface area (Å²) in [7, 11) is 1.58. The standard InChI is InChI=1S/C18H15ClN2O4S2/c1-25-12-4-5-13-10(8-12)7-11(16(19)20-13)9-14-17(24)21(18(26)27-14)6-2-3-15(22)23/h4-5,7-9H,2-3,6H2,1H3,(H,22,23)/b14-9-. The van der Waals surface area contributed by atoms with E-state index in [0.717, 1.165) is 10.9 Å². The number of amides is 1. The molecule has 1 aliphatic heterocycles. The maximum Gasteiger partial charge on any atom is 0.303 e. The molecule has 9 heteroatoms. The number of pyridine rings is 1. The van der Waals surface area contributed by atoms with Crippen LogP contribution in [0.15, 0.2) is 29.2 Å². The Hall–Kier alpha value is -2.16. The smallest absolute Gasteiger partial charge is 0.303 e. The van der Waals surface area contributed by atoms with Crippen molar-refractivity contribution < 1.29 is 19.4 Å². The van der Waals surface area contributed by atoms with Crippen LogP contribution < -0.4 is 4.74 Å². The molecule has 140 valence electrons. The highest BCUT2D eigenvalue weighted by molar-refractivity contribution is 8.26. The van der Waals surface area contributed by atoms with Gasteiger partial charge in [0.05, 0.1) is 17.5 Å². The van der Waals surface area contributed by atoms with Gasteiger partial charge in [0.2, 0.25) is 0 Å². The van der Waals surface area contributed by atoms with Crippen molar-refractivity contribution in [2.45, 2.75) is 12.8 Å². The predicted octanol–water partition coefficient (Wildman–Crippen LogP) is 3.96. The van der Waals surface area contributed by atoms with E-state index in [-0.39, 0.29) is 24.0 Å². The van der Waals surface area contributed by atoms with Gasteiger partial charge in [0.1, 0.15) is 15.2 Å². The van der Waals surface area contributed by atoms with E-state index in [4.69, 9.17) is 33.7 Å². The Labute approximate surface area is 170 Å². The minimum atomic E-state index is -0.902. The molecule has 1 amide bonds. The molecule has 0 saturated carbocycles. The number of thioether (sulfide) groups is 1. The highest BCUT2D eigenvalue weighted by Crippen LogP contribution is 2.34. The largest absolute Gasteiger partial charge is 0.497 e. The number of hydrogen-bond donors (Lipinski definition) is 1. The van der Waals surface area contributed by atoms with Gasteiger partial charge in [0.15, 0.2) is 0 Å². The number of methoxy groups -OCH3 is 1. The number of benzene rings is 1. The van der Waals surface area contributed by atoms with Crippen LogP contribution in [0.1, 0.15) is 18.4 Å². The van der Waals surface area contributed by atoms with Crippen molar-refractivity contribution in [2.24, 2.45) is 0 Å². The molecule has 0 radical (unpaired) electrons. The van der Waals surface area contributed by atoms with Crippen LogP contribution >= 0.6 is 35.6 Å². The van der Waals surface area contributed by atoms with Crippen LogP contribution in [-0.4, -0.2) is 44.8 Å². The highest BCUT2D eigenvalue weighted by Gasteiger charge is 2.31. The molecule has 0 aliphatic carbocycles. The number of carbonyl (C=O) groups is 2. The third kappa shape index (κ3) is 4.40. The third-order valence-electron chi connectivity index (χ3n) is 3.94. The van der Waals surface area contributed by atoms with E-state index < -0.39 is 5.97 Å². The summed E-state index contributed by atoms with van der Waals surface area (Å²) < 4.78 is 5.63. The molecule has 0 bridgehead atoms. The number of aromatic nitrogens is 1. The van der Waals surface area contributed by atoms with Crippen molar-refractivity contribution in [3.05, 3.63) is 39.9 Å². The molecule has 2 heterocycles. The number of carboxylic acids is 1. The maximum absolute atomic E-state index is 12.6. The van der Waals surface area contributed by atoms with E-state index in [2.05, 4.69) is 4.98 Å². The second kappa shape index (κ2) is 8.24. The normalized spacial score (nSPS) is 15.8. The fraction of sp³-hybridized carbons (Fsp3) is 0.222. The summed E-state index contributed by atoms with van der Waals surface area (Å²) >= 11 is 12.7. The summed E-state index contributed by atoms with van der Waals surface area (Å²) in [5.41, 5.74) is 1.32. The quantitative estimate of drug-likeness (QED) is 0.428. The molecule has 1 aromatic carbocycles. The Balaban J connectivity index is 1.87. The number of thiocarbonyl (C=S) groups is 1. The van der Waals surface area contributed by atoms with Crippen LogP contribution in [0, 0.1) is 0 Å². The second-order valence-electron chi connectivity index (χ2n) is 5.76. The number of carbonyl (C=O) groups excluding carboxylic acids is 1. The summed E-state index contributed by atoms with van der Waals surface area (Å²) in [4.78, 5) is 29.4. The minimum absolute atomic E-state index is 0.0155. The van der Waals surface area contributed by atoms with E-state index in [1.807, 2.05) is 18.2 Å². The van der Waals surface area contributed by atoms with Crippen molar-refractivity contribution in [3.8, 4) is 5.75 Å². The Kier molecular flexibility index (Phi) is 5.98. The van der Waals surface area contributed by atoms with E-state index >= 15 is 0 Å². The van der Waals surface area contributed by atoms with Crippen molar-refractivity contribution in [1.29, 1.82) is 0 Å². The summed E-state index contributed by atoms with van der Waals surface area (Å²) in [6, 6.07) is 7.29. The highest BCUT2D eigenvalue weighted by atomic mass is 35.5. The Bertz CT molecular complexity index is 977. The molecule has 1 N–H and O–H groups in total. The van der Waals surface area contributed by atoms with Crippen LogP contribution in [0.3, 0.4) is 0 Å². The van der Waals surface area contributed by atoms with Crippen molar-refractivity contribution >= 4 is 68.8 Å². The van der Waals surface area contributed by atoms with E-state index in [0.29, 0.717) is 27.0 Å². The molecule has 1 saturated heterocycles. The summed E-state index contributed by atoms with van der Waals surface area (Å²) in [6.07, 6.45) is 1.98. The zero-order valence-corrected chi connectivity index (χ0v) is 16.7. The molecule has 3 rings (SSSR count). The third-order valence-corrected chi connectivity index (χ3v) is 5.62. The number of halogens is 1. The fourth-order valence-corrected chi connectivity index (χ4v) is 4.10. The molecular formula is C18H15ClN2O4S2. The monoisotopic (exact) mass is 422 g/mol. The van der Waals surface area contributed by atoms with Gasteiger partial charge >= 0.3 is 5.97 Å². The van der Waals surface area contributed by atoms with E-state index in [1.165, 1.54) is 16.7 Å². The maximum atomic E-state index is 12.6. The molecule has 2 aromatic rings. The molecule has 27 heavy (non-hydrogen) atoms. The molecule has 1 fully saturated rings. The SMILES string of the molecule is COc1ccc2nc(Cl)c(/C=C3\SC(=S)N(CCCC(=O)O)C3=O)cc2c1. The van der Waals surface area contributed by atoms with Gasteiger partial charge in [-0.05, 0) is 36.8 Å². The summed E-state index contributed by atoms with van der Waals surface area (Å²) in [6.45, 7) is 0.273. The number of aliphatic carboxylic acids is 1. The lowest BCUT2D eigenvalue weighted by atomic mass is 10.1. The number of ether oxygens (including phenoxy) is 1. The van der Waals surface area contributed by atoms with Gasteiger partial charge in [0, 0.05) is 23.9 Å². The van der Waals surface area contributed by atoms with Gasteiger partial charge in [-0.2, -0.15) is 0 Å². The number of carboxylic acid groups (broad SMARTS) is 1. The fourth-order valence-electron chi connectivity index (χ4n) is 2.60. The number of fused-ring (bicyclic) bond motifs is 1. The van der Waals surface area contributed by atoms with Crippen molar-refractivity contribution in [1.82, 2.24) is 9.88 Å². The molecule has 1 aromatic heterocycles. The zero-order chi connectivity index (χ0) is 19.6. The predicted molar refractivity (Wildman–Crippen MR) is 110 cm³/mol.